The van der Waals surface area contributed by atoms with E-state index < -0.39 is 5.60 Å². The van der Waals surface area contributed by atoms with Crippen LogP contribution in [0.15, 0.2) is 3.92 Å². The Morgan fingerprint density at radius 2 is 1.96 bits per heavy atom. The zero-order chi connectivity index (χ0) is 16.6. The molecule has 23 heavy (non-hydrogen) atoms. The van der Waals surface area contributed by atoms with Gasteiger partial charge in [0.05, 0.1) is 0 Å². The zero-order valence-corrected chi connectivity index (χ0v) is 16.1. The molecular formula is C15H23BrN4O2S. The Morgan fingerprint density at radius 3 is 2.48 bits per heavy atom. The van der Waals surface area contributed by atoms with Crippen LogP contribution in [0, 0.1) is 11.8 Å². The van der Waals surface area contributed by atoms with Gasteiger partial charge in [-0.25, -0.2) is 4.79 Å². The molecule has 6 nitrogen and oxygen atoms in total. The summed E-state index contributed by atoms with van der Waals surface area (Å²) in [6, 6.07) is 0.200. The Balaban J connectivity index is 1.66. The van der Waals surface area contributed by atoms with Crippen LogP contribution in [0.4, 0.5) is 9.93 Å². The summed E-state index contributed by atoms with van der Waals surface area (Å²) in [5, 5.41) is 12.4. The Bertz CT molecular complexity index is 560. The molecule has 2 atom stereocenters. The highest BCUT2D eigenvalue weighted by Gasteiger charge is 2.41. The fourth-order valence-corrected chi connectivity index (χ4v) is 4.70. The number of carbonyl (C=O) groups excluding carboxylic acids is 1. The second-order valence-electron chi connectivity index (χ2n) is 7.37. The molecule has 1 aromatic heterocycles. The summed E-state index contributed by atoms with van der Waals surface area (Å²) in [4.78, 5) is 14.4. The molecule has 1 amide bonds. The molecule has 1 aliphatic carbocycles. The molecule has 1 aromatic rings. The third kappa shape index (κ3) is 4.15. The number of carbonyl (C=O) groups is 1. The van der Waals surface area contributed by atoms with Gasteiger partial charge < -0.3 is 15.0 Å². The van der Waals surface area contributed by atoms with Crippen LogP contribution in [0.3, 0.4) is 0 Å². The Hall–Kier alpha value is -0.890. The first kappa shape index (κ1) is 17.0. The van der Waals surface area contributed by atoms with Gasteiger partial charge in [-0.2, -0.15) is 0 Å². The lowest BCUT2D eigenvalue weighted by molar-refractivity contribution is 0.0413. The van der Waals surface area contributed by atoms with Crippen molar-refractivity contribution in [3.8, 4) is 0 Å². The van der Waals surface area contributed by atoms with Crippen molar-refractivity contribution < 1.29 is 9.53 Å². The number of rotatable bonds is 2. The number of hydrogen-bond donors (Lipinski definition) is 1. The largest absolute Gasteiger partial charge is 0.444 e. The van der Waals surface area contributed by atoms with E-state index in [0.29, 0.717) is 11.8 Å². The zero-order valence-electron chi connectivity index (χ0n) is 13.7. The van der Waals surface area contributed by atoms with E-state index in [4.69, 9.17) is 4.74 Å². The van der Waals surface area contributed by atoms with Crippen molar-refractivity contribution in [2.45, 2.75) is 51.7 Å². The van der Waals surface area contributed by atoms with E-state index >= 15 is 0 Å². The van der Waals surface area contributed by atoms with Gasteiger partial charge in [-0.1, -0.05) is 17.8 Å². The van der Waals surface area contributed by atoms with Crippen molar-refractivity contribution in [1.82, 2.24) is 15.5 Å². The quantitative estimate of drug-likeness (QED) is 0.820. The minimum Gasteiger partial charge on any atom is -0.444 e. The summed E-state index contributed by atoms with van der Waals surface area (Å²) in [5.74, 6) is 0.885. The van der Waals surface area contributed by atoms with E-state index in [1.807, 2.05) is 20.8 Å². The molecule has 0 aromatic carbocycles. The van der Waals surface area contributed by atoms with Crippen LogP contribution < -0.4 is 10.2 Å². The van der Waals surface area contributed by atoms with E-state index in [-0.39, 0.29) is 12.1 Å². The molecule has 2 aliphatic rings. The van der Waals surface area contributed by atoms with Crippen molar-refractivity contribution in [2.24, 2.45) is 11.8 Å². The molecule has 1 saturated heterocycles. The molecule has 0 spiro atoms. The molecule has 2 heterocycles. The number of anilines is 1. The van der Waals surface area contributed by atoms with E-state index in [2.05, 4.69) is 36.3 Å². The lowest BCUT2D eigenvalue weighted by Crippen LogP contribution is -2.58. The number of ether oxygens (including phenoxy) is 1. The molecule has 8 heteroatoms. The highest BCUT2D eigenvalue weighted by atomic mass is 79.9. The summed E-state index contributed by atoms with van der Waals surface area (Å²) in [5.41, 5.74) is -0.460. The van der Waals surface area contributed by atoms with E-state index in [1.165, 1.54) is 6.42 Å². The first-order valence-corrected chi connectivity index (χ1v) is 9.66. The third-order valence-corrected chi connectivity index (χ3v) is 5.84. The van der Waals surface area contributed by atoms with Crippen molar-refractivity contribution in [3.63, 3.8) is 0 Å². The molecular weight excluding hydrogens is 380 g/mol. The average Bonchev–Trinajstić information content (AvgIpc) is 2.82. The second-order valence-corrected chi connectivity index (χ2v) is 9.60. The van der Waals surface area contributed by atoms with Crippen LogP contribution in [0.25, 0.3) is 0 Å². The van der Waals surface area contributed by atoms with Gasteiger partial charge in [-0.3, -0.25) is 0 Å². The maximum Gasteiger partial charge on any atom is 0.407 e. The summed E-state index contributed by atoms with van der Waals surface area (Å²) in [6.07, 6.45) is 3.20. The minimum absolute atomic E-state index is 0.200. The molecule has 3 rings (SSSR count). The van der Waals surface area contributed by atoms with Crippen LogP contribution in [-0.4, -0.2) is 41.0 Å². The Kier molecular flexibility index (Phi) is 4.83. The van der Waals surface area contributed by atoms with Crippen LogP contribution in [-0.2, 0) is 4.74 Å². The summed E-state index contributed by atoms with van der Waals surface area (Å²) in [7, 11) is 0. The fraction of sp³-hybridized carbons (Fsp3) is 0.800. The molecule has 128 valence electrons. The SMILES string of the molecule is CC(C)(C)OC(=O)NC1C2CCCC1CN(c1nnc(Br)s1)C2. The van der Waals surface area contributed by atoms with Crippen LogP contribution >= 0.6 is 27.3 Å². The molecule has 0 radical (unpaired) electrons. The average molecular weight is 403 g/mol. The molecule has 1 saturated carbocycles. The first-order chi connectivity index (χ1) is 10.8. The number of fused-ring (bicyclic) bond motifs is 2. The van der Waals surface area contributed by atoms with Crippen LogP contribution in [0.5, 0.6) is 0 Å². The number of piperidine rings is 1. The van der Waals surface area contributed by atoms with Gasteiger partial charge in [-0.05, 0) is 61.4 Å². The van der Waals surface area contributed by atoms with Gasteiger partial charge in [0.25, 0.3) is 0 Å². The smallest absolute Gasteiger partial charge is 0.407 e. The number of hydrogen-bond acceptors (Lipinski definition) is 6. The van der Waals surface area contributed by atoms with Gasteiger partial charge in [0, 0.05) is 19.1 Å². The monoisotopic (exact) mass is 402 g/mol. The normalized spacial score (nSPS) is 27.7. The number of aromatic nitrogens is 2. The van der Waals surface area contributed by atoms with Crippen molar-refractivity contribution >= 4 is 38.5 Å². The van der Waals surface area contributed by atoms with Gasteiger partial charge in [0.1, 0.15) is 5.60 Å². The lowest BCUT2D eigenvalue weighted by atomic mass is 9.73. The first-order valence-electron chi connectivity index (χ1n) is 8.05. The van der Waals surface area contributed by atoms with Gasteiger partial charge >= 0.3 is 6.09 Å². The predicted octanol–water partition coefficient (Wildman–Crippen LogP) is 3.43. The molecule has 2 bridgehead atoms. The number of halogens is 1. The number of alkyl carbamates (subject to hydrolysis) is 1. The van der Waals surface area contributed by atoms with Crippen LogP contribution in [0.2, 0.25) is 0 Å². The second kappa shape index (κ2) is 6.55. The standard InChI is InChI=1S/C15H23BrN4O2S/c1-15(2,3)22-14(21)17-11-9-5-4-6-10(11)8-20(7-9)13-19-18-12(16)23-13/h9-11H,4-8H2,1-3H3,(H,17,21). The molecule has 1 aliphatic heterocycles. The lowest BCUT2D eigenvalue weighted by Gasteiger charge is -2.47. The maximum atomic E-state index is 12.1. The fourth-order valence-electron chi connectivity index (χ4n) is 3.60. The maximum absolute atomic E-state index is 12.1. The third-order valence-electron chi connectivity index (χ3n) is 4.42. The summed E-state index contributed by atoms with van der Waals surface area (Å²) in [6.45, 7) is 7.51. The summed E-state index contributed by atoms with van der Waals surface area (Å²) >= 11 is 4.94. The Morgan fingerprint density at radius 1 is 1.30 bits per heavy atom. The van der Waals surface area contributed by atoms with E-state index in [9.17, 15) is 4.79 Å². The van der Waals surface area contributed by atoms with Crippen molar-refractivity contribution in [2.75, 3.05) is 18.0 Å². The Labute approximate surface area is 149 Å². The van der Waals surface area contributed by atoms with E-state index in [0.717, 1.165) is 35.0 Å². The highest BCUT2D eigenvalue weighted by molar-refractivity contribution is 9.11. The van der Waals surface area contributed by atoms with Gasteiger partial charge in [0.2, 0.25) is 5.13 Å². The van der Waals surface area contributed by atoms with Gasteiger partial charge in [0.15, 0.2) is 3.92 Å². The van der Waals surface area contributed by atoms with Crippen molar-refractivity contribution in [1.29, 1.82) is 0 Å². The molecule has 2 fully saturated rings. The number of amides is 1. The summed E-state index contributed by atoms with van der Waals surface area (Å²) < 4.78 is 6.24. The molecule has 2 unspecified atom stereocenters. The molecule has 1 N–H and O–H groups in total. The van der Waals surface area contributed by atoms with E-state index in [1.54, 1.807) is 11.3 Å². The number of nitrogens with one attached hydrogen (secondary N) is 1. The highest BCUT2D eigenvalue weighted by Crippen LogP contribution is 2.38. The van der Waals surface area contributed by atoms with Crippen molar-refractivity contribution in [3.05, 3.63) is 3.92 Å². The predicted molar refractivity (Wildman–Crippen MR) is 93.8 cm³/mol. The van der Waals surface area contributed by atoms with Gasteiger partial charge in [-0.15, -0.1) is 10.2 Å². The van der Waals surface area contributed by atoms with Crippen LogP contribution in [0.1, 0.15) is 40.0 Å². The number of nitrogens with zero attached hydrogens (tertiary/aromatic N) is 3. The minimum atomic E-state index is -0.460. The topological polar surface area (TPSA) is 67.3 Å².